The first-order valence-corrected chi connectivity index (χ1v) is 5.49. The number of rotatable bonds is 2. The summed E-state index contributed by atoms with van der Waals surface area (Å²) in [5.74, 6) is -0.462. The van der Waals surface area contributed by atoms with Crippen LogP contribution in [0.1, 0.15) is 39.3 Å². The van der Waals surface area contributed by atoms with E-state index in [9.17, 15) is 9.59 Å². The van der Waals surface area contributed by atoms with Crippen LogP contribution in [-0.4, -0.2) is 21.4 Å². The van der Waals surface area contributed by atoms with Gasteiger partial charge in [-0.05, 0) is 40.2 Å². The van der Waals surface area contributed by atoms with Gasteiger partial charge in [0.25, 0.3) is 5.56 Å². The Morgan fingerprint density at radius 3 is 2.53 bits per heavy atom. The highest BCUT2D eigenvalue weighted by Gasteiger charge is 2.24. The van der Waals surface area contributed by atoms with Crippen molar-refractivity contribution in [3.8, 4) is 0 Å². The van der Waals surface area contributed by atoms with Crippen molar-refractivity contribution in [3.05, 3.63) is 28.2 Å². The maximum absolute atomic E-state index is 11.8. The van der Waals surface area contributed by atoms with E-state index in [1.807, 2.05) is 0 Å². The minimum Gasteiger partial charge on any atom is -0.458 e. The molecule has 1 aromatic rings. The Bertz CT molecular complexity index is 471. The highest BCUT2D eigenvalue weighted by Crippen LogP contribution is 2.12. The third kappa shape index (κ3) is 3.69. The third-order valence-corrected chi connectivity index (χ3v) is 2.08. The van der Waals surface area contributed by atoms with Crippen molar-refractivity contribution in [3.63, 3.8) is 0 Å². The Morgan fingerprint density at radius 2 is 2.06 bits per heavy atom. The van der Waals surface area contributed by atoms with E-state index >= 15 is 0 Å². The fourth-order valence-corrected chi connectivity index (χ4v) is 1.29. The molecule has 0 bridgehead atoms. The lowest BCUT2D eigenvalue weighted by atomic mass is 10.2. The first kappa shape index (κ1) is 13.4. The zero-order valence-electron chi connectivity index (χ0n) is 10.9. The van der Waals surface area contributed by atoms with Crippen LogP contribution in [0.15, 0.2) is 17.1 Å². The molecule has 5 heteroatoms. The van der Waals surface area contributed by atoms with Gasteiger partial charge in [0.2, 0.25) is 0 Å². The Morgan fingerprint density at radius 1 is 1.47 bits per heavy atom. The highest BCUT2D eigenvalue weighted by atomic mass is 16.6. The molecule has 0 aliphatic carbocycles. The minimum absolute atomic E-state index is 0.302. The van der Waals surface area contributed by atoms with Gasteiger partial charge in [0, 0.05) is 6.07 Å². The van der Waals surface area contributed by atoms with Crippen molar-refractivity contribution < 1.29 is 9.53 Å². The highest BCUT2D eigenvalue weighted by molar-refractivity contribution is 5.74. The van der Waals surface area contributed by atoms with Crippen LogP contribution in [0.3, 0.4) is 0 Å². The normalized spacial score (nSPS) is 13.2. The first-order chi connectivity index (χ1) is 7.70. The molecule has 1 unspecified atom stereocenters. The zero-order valence-corrected chi connectivity index (χ0v) is 10.9. The van der Waals surface area contributed by atoms with Gasteiger partial charge in [0.05, 0.1) is 6.20 Å². The molecule has 1 rings (SSSR count). The van der Waals surface area contributed by atoms with Gasteiger partial charge in [-0.15, -0.1) is 0 Å². The molecule has 1 atom stereocenters. The van der Waals surface area contributed by atoms with Gasteiger partial charge in [-0.25, -0.2) is 9.48 Å². The Kier molecular flexibility index (Phi) is 3.70. The fraction of sp³-hybridized carbons (Fsp3) is 0.583. The number of ether oxygens (including phenoxy) is 1. The van der Waals surface area contributed by atoms with Gasteiger partial charge in [-0.1, -0.05) is 0 Å². The Labute approximate surface area is 100 Å². The first-order valence-electron chi connectivity index (χ1n) is 5.49. The quantitative estimate of drug-likeness (QED) is 0.732. The topological polar surface area (TPSA) is 61.2 Å². The molecule has 0 aromatic carbocycles. The maximum atomic E-state index is 11.8. The van der Waals surface area contributed by atoms with E-state index in [-0.39, 0.29) is 5.56 Å². The SMILES string of the molecule is Cc1cnn(C(C)C(=O)OC(C)(C)C)c(=O)c1. The average molecular weight is 238 g/mol. The van der Waals surface area contributed by atoms with Gasteiger partial charge in [-0.2, -0.15) is 5.10 Å². The van der Waals surface area contributed by atoms with Crippen molar-refractivity contribution in [2.24, 2.45) is 0 Å². The molecular weight excluding hydrogens is 220 g/mol. The number of aryl methyl sites for hydroxylation is 1. The summed E-state index contributed by atoms with van der Waals surface area (Å²) in [5, 5.41) is 3.93. The summed E-state index contributed by atoms with van der Waals surface area (Å²) < 4.78 is 6.33. The van der Waals surface area contributed by atoms with E-state index in [1.165, 1.54) is 6.07 Å². The number of carbonyl (C=O) groups excluding carboxylic acids is 1. The summed E-state index contributed by atoms with van der Waals surface area (Å²) in [6, 6.07) is 0.718. The predicted molar refractivity (Wildman–Crippen MR) is 63.8 cm³/mol. The number of hydrogen-bond acceptors (Lipinski definition) is 4. The molecule has 0 saturated carbocycles. The number of carbonyl (C=O) groups is 1. The standard InChI is InChI=1S/C12H18N2O3/c1-8-6-10(15)14(13-7-8)9(2)11(16)17-12(3,4)5/h6-7,9H,1-5H3. The lowest BCUT2D eigenvalue weighted by molar-refractivity contribution is -0.158. The Balaban J connectivity index is 2.93. The molecule has 0 radical (unpaired) electrons. The average Bonchev–Trinajstić information content (AvgIpc) is 2.14. The van der Waals surface area contributed by atoms with Crippen molar-refractivity contribution in [2.75, 3.05) is 0 Å². The molecule has 0 aliphatic heterocycles. The molecule has 0 amide bonds. The van der Waals surface area contributed by atoms with Gasteiger partial charge in [-0.3, -0.25) is 4.79 Å². The minimum atomic E-state index is -0.720. The van der Waals surface area contributed by atoms with Crippen molar-refractivity contribution in [1.29, 1.82) is 0 Å². The van der Waals surface area contributed by atoms with E-state index < -0.39 is 17.6 Å². The monoisotopic (exact) mass is 238 g/mol. The maximum Gasteiger partial charge on any atom is 0.331 e. The fourth-order valence-electron chi connectivity index (χ4n) is 1.29. The van der Waals surface area contributed by atoms with Crippen LogP contribution in [0.4, 0.5) is 0 Å². The van der Waals surface area contributed by atoms with Crippen LogP contribution in [0, 0.1) is 6.92 Å². The number of esters is 1. The molecule has 94 valence electrons. The second kappa shape index (κ2) is 4.69. The van der Waals surface area contributed by atoms with E-state index in [0.29, 0.717) is 0 Å². The number of nitrogens with zero attached hydrogens (tertiary/aromatic N) is 2. The van der Waals surface area contributed by atoms with Crippen molar-refractivity contribution in [2.45, 2.75) is 46.3 Å². The van der Waals surface area contributed by atoms with Crippen LogP contribution in [0.25, 0.3) is 0 Å². The molecule has 0 saturated heterocycles. The predicted octanol–water partition coefficient (Wildman–Crippen LogP) is 1.45. The molecular formula is C12H18N2O3. The number of hydrogen-bond donors (Lipinski definition) is 0. The van der Waals surface area contributed by atoms with Gasteiger partial charge < -0.3 is 4.74 Å². The summed E-state index contributed by atoms with van der Waals surface area (Å²) in [4.78, 5) is 23.4. The van der Waals surface area contributed by atoms with E-state index in [0.717, 1.165) is 10.2 Å². The lowest BCUT2D eigenvalue weighted by Crippen LogP contribution is -2.34. The second-order valence-electron chi connectivity index (χ2n) is 5.03. The van der Waals surface area contributed by atoms with E-state index in [4.69, 9.17) is 4.74 Å². The van der Waals surface area contributed by atoms with Crippen LogP contribution in [0.5, 0.6) is 0 Å². The lowest BCUT2D eigenvalue weighted by Gasteiger charge is -2.22. The molecule has 0 spiro atoms. The second-order valence-corrected chi connectivity index (χ2v) is 5.03. The molecule has 17 heavy (non-hydrogen) atoms. The summed E-state index contributed by atoms with van der Waals surface area (Å²) in [6.45, 7) is 8.71. The Hall–Kier alpha value is -1.65. The number of aromatic nitrogens is 2. The van der Waals surface area contributed by atoms with Crippen molar-refractivity contribution in [1.82, 2.24) is 9.78 Å². The largest absolute Gasteiger partial charge is 0.458 e. The van der Waals surface area contributed by atoms with Gasteiger partial charge in [0.15, 0.2) is 6.04 Å². The molecule has 1 heterocycles. The van der Waals surface area contributed by atoms with Crippen LogP contribution < -0.4 is 5.56 Å². The van der Waals surface area contributed by atoms with Crippen LogP contribution in [-0.2, 0) is 9.53 Å². The van der Waals surface area contributed by atoms with E-state index in [2.05, 4.69) is 5.10 Å². The molecule has 1 aromatic heterocycles. The molecule has 0 N–H and O–H groups in total. The zero-order chi connectivity index (χ0) is 13.2. The molecule has 5 nitrogen and oxygen atoms in total. The van der Waals surface area contributed by atoms with Crippen LogP contribution in [0.2, 0.25) is 0 Å². The van der Waals surface area contributed by atoms with Gasteiger partial charge >= 0.3 is 5.97 Å². The summed E-state index contributed by atoms with van der Waals surface area (Å²) in [6.07, 6.45) is 1.54. The smallest absolute Gasteiger partial charge is 0.331 e. The summed E-state index contributed by atoms with van der Waals surface area (Å²) >= 11 is 0. The summed E-state index contributed by atoms with van der Waals surface area (Å²) in [7, 11) is 0. The summed E-state index contributed by atoms with van der Waals surface area (Å²) in [5.41, 5.74) is -0.106. The molecule has 0 aliphatic rings. The van der Waals surface area contributed by atoms with Crippen molar-refractivity contribution >= 4 is 5.97 Å². The molecule has 0 fully saturated rings. The third-order valence-electron chi connectivity index (χ3n) is 2.08. The van der Waals surface area contributed by atoms with Gasteiger partial charge in [0.1, 0.15) is 5.60 Å². The van der Waals surface area contributed by atoms with E-state index in [1.54, 1.807) is 40.8 Å². The van der Waals surface area contributed by atoms with Crippen LogP contribution >= 0.6 is 0 Å².